The number of hydrogen-bond donors (Lipinski definition) is 1. The van der Waals surface area contributed by atoms with Gasteiger partial charge >= 0.3 is 0 Å². The summed E-state index contributed by atoms with van der Waals surface area (Å²) >= 11 is 0. The van der Waals surface area contributed by atoms with Crippen LogP contribution in [0.5, 0.6) is 5.75 Å². The van der Waals surface area contributed by atoms with E-state index in [4.69, 9.17) is 4.74 Å². The van der Waals surface area contributed by atoms with Crippen LogP contribution < -0.4 is 10.1 Å². The highest BCUT2D eigenvalue weighted by atomic mass is 16.5. The van der Waals surface area contributed by atoms with E-state index >= 15 is 0 Å². The van der Waals surface area contributed by atoms with Crippen molar-refractivity contribution < 1.29 is 9.53 Å². The van der Waals surface area contributed by atoms with Gasteiger partial charge in [0.1, 0.15) is 5.75 Å². The predicted molar refractivity (Wildman–Crippen MR) is 107 cm³/mol. The molecule has 0 fully saturated rings. The zero-order chi connectivity index (χ0) is 18.5. The maximum Gasteiger partial charge on any atom is 0.262 e. The standard InChI is InChI=1S/C23H23NO2/c1-16-4-6-19(7-5-16)20-8-10-22(11-9-20)26-15-23(25)24-21-13-17(2)12-18(3)14-21/h4-14H,15H2,1-3H3,(H,24,25). The second-order valence-electron chi connectivity index (χ2n) is 6.60. The monoisotopic (exact) mass is 345 g/mol. The summed E-state index contributed by atoms with van der Waals surface area (Å²) in [7, 11) is 0. The Morgan fingerprint density at radius 2 is 1.31 bits per heavy atom. The number of hydrogen-bond acceptors (Lipinski definition) is 2. The van der Waals surface area contributed by atoms with Crippen molar-refractivity contribution in [3.63, 3.8) is 0 Å². The first kappa shape index (κ1) is 17.7. The third kappa shape index (κ3) is 4.73. The van der Waals surface area contributed by atoms with Gasteiger partial charge in [-0.25, -0.2) is 0 Å². The fourth-order valence-corrected chi connectivity index (χ4v) is 2.88. The fraction of sp³-hybridized carbons (Fsp3) is 0.174. The molecule has 0 unspecified atom stereocenters. The van der Waals surface area contributed by atoms with Gasteiger partial charge in [0.15, 0.2) is 6.61 Å². The summed E-state index contributed by atoms with van der Waals surface area (Å²) < 4.78 is 5.60. The van der Waals surface area contributed by atoms with Gasteiger partial charge in [0, 0.05) is 5.69 Å². The first-order valence-electron chi connectivity index (χ1n) is 8.68. The number of carbonyl (C=O) groups is 1. The number of amides is 1. The van der Waals surface area contributed by atoms with Crippen LogP contribution in [0.1, 0.15) is 16.7 Å². The maximum atomic E-state index is 12.1. The average molecular weight is 345 g/mol. The number of aryl methyl sites for hydroxylation is 3. The van der Waals surface area contributed by atoms with Gasteiger partial charge in [-0.05, 0) is 67.3 Å². The molecule has 3 heteroatoms. The summed E-state index contributed by atoms with van der Waals surface area (Å²) in [5.74, 6) is 0.508. The highest BCUT2D eigenvalue weighted by Gasteiger charge is 2.05. The van der Waals surface area contributed by atoms with Crippen molar-refractivity contribution >= 4 is 11.6 Å². The van der Waals surface area contributed by atoms with Crippen molar-refractivity contribution in [2.45, 2.75) is 20.8 Å². The second kappa shape index (κ2) is 7.87. The molecule has 0 aliphatic rings. The number of benzene rings is 3. The SMILES string of the molecule is Cc1ccc(-c2ccc(OCC(=O)Nc3cc(C)cc(C)c3)cc2)cc1. The molecule has 0 aromatic heterocycles. The molecule has 0 spiro atoms. The average Bonchev–Trinajstić information content (AvgIpc) is 2.60. The molecule has 26 heavy (non-hydrogen) atoms. The van der Waals surface area contributed by atoms with Crippen molar-refractivity contribution in [1.29, 1.82) is 0 Å². The van der Waals surface area contributed by atoms with Gasteiger partial charge in [0.25, 0.3) is 5.91 Å². The molecule has 1 N–H and O–H groups in total. The molecule has 3 aromatic carbocycles. The van der Waals surface area contributed by atoms with Gasteiger partial charge in [0.2, 0.25) is 0 Å². The normalized spacial score (nSPS) is 10.4. The molecule has 0 saturated heterocycles. The molecule has 0 aliphatic carbocycles. The van der Waals surface area contributed by atoms with Crippen molar-refractivity contribution in [2.24, 2.45) is 0 Å². The van der Waals surface area contributed by atoms with Gasteiger partial charge in [-0.3, -0.25) is 4.79 Å². The van der Waals surface area contributed by atoms with Crippen molar-refractivity contribution in [1.82, 2.24) is 0 Å². The van der Waals surface area contributed by atoms with E-state index in [-0.39, 0.29) is 12.5 Å². The number of nitrogens with one attached hydrogen (secondary N) is 1. The molecule has 132 valence electrons. The molecule has 3 rings (SSSR count). The Labute approximate surface area is 154 Å². The maximum absolute atomic E-state index is 12.1. The number of rotatable bonds is 5. The third-order valence-corrected chi connectivity index (χ3v) is 4.11. The minimum Gasteiger partial charge on any atom is -0.484 e. The zero-order valence-electron chi connectivity index (χ0n) is 15.4. The minimum atomic E-state index is -0.169. The highest BCUT2D eigenvalue weighted by molar-refractivity contribution is 5.92. The molecule has 1 amide bonds. The lowest BCUT2D eigenvalue weighted by molar-refractivity contribution is -0.118. The van der Waals surface area contributed by atoms with E-state index < -0.39 is 0 Å². The highest BCUT2D eigenvalue weighted by Crippen LogP contribution is 2.23. The molecule has 0 aliphatic heterocycles. The molecule has 0 saturated carbocycles. The minimum absolute atomic E-state index is 0.0170. The van der Waals surface area contributed by atoms with E-state index in [1.165, 1.54) is 5.56 Å². The summed E-state index contributed by atoms with van der Waals surface area (Å²) in [5.41, 5.74) is 6.56. The van der Waals surface area contributed by atoms with E-state index in [0.717, 1.165) is 27.9 Å². The second-order valence-corrected chi connectivity index (χ2v) is 6.60. The Bertz CT molecular complexity index is 876. The van der Waals surface area contributed by atoms with Gasteiger partial charge < -0.3 is 10.1 Å². The van der Waals surface area contributed by atoms with Crippen LogP contribution in [0.15, 0.2) is 66.7 Å². The molecule has 0 bridgehead atoms. The van der Waals surface area contributed by atoms with Crippen LogP contribution in [0.25, 0.3) is 11.1 Å². The summed E-state index contributed by atoms with van der Waals surface area (Å²) in [4.78, 5) is 12.1. The molecular weight excluding hydrogens is 322 g/mol. The Hall–Kier alpha value is -3.07. The fourth-order valence-electron chi connectivity index (χ4n) is 2.88. The lowest BCUT2D eigenvalue weighted by Crippen LogP contribution is -2.20. The molecule has 3 nitrogen and oxygen atoms in total. The van der Waals surface area contributed by atoms with E-state index in [1.54, 1.807) is 0 Å². The topological polar surface area (TPSA) is 38.3 Å². The van der Waals surface area contributed by atoms with Crippen LogP contribution in [0.2, 0.25) is 0 Å². The van der Waals surface area contributed by atoms with Crippen LogP contribution in [0.4, 0.5) is 5.69 Å². The third-order valence-electron chi connectivity index (χ3n) is 4.11. The molecule has 0 atom stereocenters. The summed E-state index contributed by atoms with van der Waals surface area (Å²) in [6.45, 7) is 6.07. The Morgan fingerprint density at radius 1 is 0.769 bits per heavy atom. The van der Waals surface area contributed by atoms with E-state index in [2.05, 4.69) is 42.6 Å². The number of ether oxygens (including phenoxy) is 1. The molecule has 0 radical (unpaired) electrons. The molecule has 3 aromatic rings. The van der Waals surface area contributed by atoms with E-state index in [0.29, 0.717) is 5.75 Å². The lowest BCUT2D eigenvalue weighted by atomic mass is 10.0. The van der Waals surface area contributed by atoms with Gasteiger partial charge in [-0.2, -0.15) is 0 Å². The zero-order valence-corrected chi connectivity index (χ0v) is 15.4. The summed E-state index contributed by atoms with van der Waals surface area (Å²) in [5, 5.41) is 2.87. The van der Waals surface area contributed by atoms with Crippen molar-refractivity contribution in [3.8, 4) is 16.9 Å². The van der Waals surface area contributed by atoms with E-state index in [9.17, 15) is 4.79 Å². The molecular formula is C23H23NO2. The molecule has 0 heterocycles. The summed E-state index contributed by atoms with van der Waals surface area (Å²) in [6.07, 6.45) is 0. The van der Waals surface area contributed by atoms with Gasteiger partial charge in [0.05, 0.1) is 0 Å². The first-order valence-corrected chi connectivity index (χ1v) is 8.68. The Kier molecular flexibility index (Phi) is 5.37. The van der Waals surface area contributed by atoms with Gasteiger partial charge in [-0.15, -0.1) is 0 Å². The Balaban J connectivity index is 1.57. The quantitative estimate of drug-likeness (QED) is 0.682. The van der Waals surface area contributed by atoms with Crippen molar-refractivity contribution in [3.05, 3.63) is 83.4 Å². The van der Waals surface area contributed by atoms with Crippen LogP contribution in [-0.2, 0) is 4.79 Å². The largest absolute Gasteiger partial charge is 0.484 e. The summed E-state index contributed by atoms with van der Waals surface area (Å²) in [6, 6.07) is 22.1. The van der Waals surface area contributed by atoms with Crippen molar-refractivity contribution in [2.75, 3.05) is 11.9 Å². The number of carbonyl (C=O) groups excluding carboxylic acids is 1. The van der Waals surface area contributed by atoms with Crippen LogP contribution in [-0.4, -0.2) is 12.5 Å². The lowest BCUT2D eigenvalue weighted by Gasteiger charge is -2.10. The smallest absolute Gasteiger partial charge is 0.262 e. The predicted octanol–water partition coefficient (Wildman–Crippen LogP) is 5.30. The van der Waals surface area contributed by atoms with Crippen LogP contribution in [0, 0.1) is 20.8 Å². The van der Waals surface area contributed by atoms with E-state index in [1.807, 2.05) is 50.2 Å². The van der Waals surface area contributed by atoms with Crippen LogP contribution >= 0.6 is 0 Å². The number of anilines is 1. The first-order chi connectivity index (χ1) is 12.5. The van der Waals surface area contributed by atoms with Gasteiger partial charge in [-0.1, -0.05) is 48.0 Å². The van der Waals surface area contributed by atoms with Crippen LogP contribution in [0.3, 0.4) is 0 Å². The Morgan fingerprint density at radius 3 is 1.88 bits per heavy atom.